The number of aromatic nitrogens is 1. The Balaban J connectivity index is 2.51. The Morgan fingerprint density at radius 2 is 2.21 bits per heavy atom. The Morgan fingerprint density at radius 3 is 2.74 bits per heavy atom. The van der Waals surface area contributed by atoms with Crippen molar-refractivity contribution in [1.82, 2.24) is 9.88 Å². The van der Waals surface area contributed by atoms with Gasteiger partial charge in [0.25, 0.3) is 5.69 Å². The van der Waals surface area contributed by atoms with Gasteiger partial charge in [-0.3, -0.25) is 10.1 Å². The summed E-state index contributed by atoms with van der Waals surface area (Å²) in [6, 6.07) is 1.46. The molecule has 1 aromatic rings. The first-order valence-corrected chi connectivity index (χ1v) is 7.14. The maximum Gasteiger partial charge on any atom is 0.288 e. The van der Waals surface area contributed by atoms with Crippen molar-refractivity contribution in [2.75, 3.05) is 31.5 Å². The number of nitrogens with one attached hydrogen (secondary N) is 1. The van der Waals surface area contributed by atoms with Crippen LogP contribution in [0.3, 0.4) is 0 Å². The minimum Gasteiger partial charge on any atom is -0.368 e. The summed E-state index contributed by atoms with van der Waals surface area (Å²) in [5, 5.41) is 13.8. The summed E-state index contributed by atoms with van der Waals surface area (Å²) in [6.45, 7) is 8.07. The summed E-state index contributed by atoms with van der Waals surface area (Å²) >= 11 is 3.29. The molecule has 7 heteroatoms. The molecule has 0 aliphatic rings. The van der Waals surface area contributed by atoms with E-state index >= 15 is 0 Å². The van der Waals surface area contributed by atoms with E-state index in [1.54, 1.807) is 0 Å². The largest absolute Gasteiger partial charge is 0.368 e. The van der Waals surface area contributed by atoms with Crippen LogP contribution in [0.15, 0.2) is 16.7 Å². The zero-order valence-corrected chi connectivity index (χ0v) is 12.8. The molecule has 1 aromatic heterocycles. The average Bonchev–Trinajstić information content (AvgIpc) is 2.39. The van der Waals surface area contributed by atoms with Gasteiger partial charge in [0.1, 0.15) is 12.0 Å². The number of likely N-dealkylation sites (N-methyl/N-ethyl adjacent to an activating group) is 1. The number of nitro groups is 1. The van der Waals surface area contributed by atoms with E-state index in [2.05, 4.69) is 45.0 Å². The third kappa shape index (κ3) is 5.12. The van der Waals surface area contributed by atoms with Gasteiger partial charge in [-0.25, -0.2) is 4.98 Å². The summed E-state index contributed by atoms with van der Waals surface area (Å²) in [4.78, 5) is 16.5. The van der Waals surface area contributed by atoms with Gasteiger partial charge in [-0.1, -0.05) is 13.8 Å². The van der Waals surface area contributed by atoms with Gasteiger partial charge in [-0.15, -0.1) is 0 Å². The predicted molar refractivity (Wildman–Crippen MR) is 79.5 cm³/mol. The van der Waals surface area contributed by atoms with E-state index in [4.69, 9.17) is 0 Å². The van der Waals surface area contributed by atoms with Crippen LogP contribution < -0.4 is 5.32 Å². The highest BCUT2D eigenvalue weighted by Crippen LogP contribution is 2.24. The molecule has 0 aromatic carbocycles. The van der Waals surface area contributed by atoms with Crippen LogP contribution in [0.4, 0.5) is 11.5 Å². The van der Waals surface area contributed by atoms with E-state index in [1.165, 1.54) is 12.3 Å². The molecule has 0 amide bonds. The second-order valence-electron chi connectivity index (χ2n) is 4.14. The van der Waals surface area contributed by atoms with Crippen molar-refractivity contribution in [2.45, 2.75) is 20.3 Å². The van der Waals surface area contributed by atoms with Crippen LogP contribution in [-0.4, -0.2) is 41.0 Å². The first kappa shape index (κ1) is 15.8. The highest BCUT2D eigenvalue weighted by Gasteiger charge is 2.10. The zero-order valence-electron chi connectivity index (χ0n) is 11.2. The molecular formula is C12H19BrN4O2. The van der Waals surface area contributed by atoms with Crippen LogP contribution >= 0.6 is 15.9 Å². The van der Waals surface area contributed by atoms with Crippen LogP contribution in [0, 0.1) is 10.1 Å². The molecule has 0 saturated carbocycles. The molecule has 1 heterocycles. The molecule has 0 atom stereocenters. The lowest BCUT2D eigenvalue weighted by atomic mass is 10.4. The summed E-state index contributed by atoms with van der Waals surface area (Å²) in [6.07, 6.45) is 2.39. The van der Waals surface area contributed by atoms with Gasteiger partial charge in [0.05, 0.1) is 9.40 Å². The quantitative estimate of drug-likeness (QED) is 0.586. The van der Waals surface area contributed by atoms with Crippen molar-refractivity contribution < 1.29 is 4.92 Å². The standard InChI is InChI=1S/C12H19BrN4O2/c1-3-6-16(4-2)7-5-14-12-11(13)8-10(9-15-12)17(18)19/h8-9H,3-7H2,1-2H3,(H,14,15). The monoisotopic (exact) mass is 330 g/mol. The average molecular weight is 331 g/mol. The second kappa shape index (κ2) is 8.06. The number of hydrogen-bond donors (Lipinski definition) is 1. The Labute approximate surface area is 121 Å². The van der Waals surface area contributed by atoms with Gasteiger partial charge in [0.15, 0.2) is 0 Å². The zero-order chi connectivity index (χ0) is 14.3. The van der Waals surface area contributed by atoms with Crippen molar-refractivity contribution in [2.24, 2.45) is 0 Å². The number of pyridine rings is 1. The maximum absolute atomic E-state index is 10.6. The lowest BCUT2D eigenvalue weighted by molar-refractivity contribution is -0.385. The molecule has 0 fully saturated rings. The summed E-state index contributed by atoms with van der Waals surface area (Å²) in [7, 11) is 0. The van der Waals surface area contributed by atoms with Gasteiger partial charge in [0.2, 0.25) is 0 Å². The first-order chi connectivity index (χ1) is 9.08. The highest BCUT2D eigenvalue weighted by molar-refractivity contribution is 9.10. The van der Waals surface area contributed by atoms with Crippen LogP contribution in [0.1, 0.15) is 20.3 Å². The number of rotatable bonds is 8. The van der Waals surface area contributed by atoms with Crippen molar-refractivity contribution in [3.63, 3.8) is 0 Å². The van der Waals surface area contributed by atoms with Gasteiger partial charge in [-0.2, -0.15) is 0 Å². The van der Waals surface area contributed by atoms with Crippen molar-refractivity contribution >= 4 is 27.4 Å². The first-order valence-electron chi connectivity index (χ1n) is 6.34. The third-order valence-corrected chi connectivity index (χ3v) is 3.35. The molecule has 0 aliphatic carbocycles. The van der Waals surface area contributed by atoms with Gasteiger partial charge >= 0.3 is 0 Å². The van der Waals surface area contributed by atoms with Gasteiger partial charge < -0.3 is 10.2 Å². The number of nitrogens with zero attached hydrogens (tertiary/aromatic N) is 3. The molecular weight excluding hydrogens is 312 g/mol. The van der Waals surface area contributed by atoms with Crippen molar-refractivity contribution in [3.8, 4) is 0 Å². The minimum atomic E-state index is -0.457. The summed E-state index contributed by atoms with van der Waals surface area (Å²) < 4.78 is 0.611. The van der Waals surface area contributed by atoms with E-state index < -0.39 is 4.92 Å². The van der Waals surface area contributed by atoms with Crippen LogP contribution in [-0.2, 0) is 0 Å². The lowest BCUT2D eigenvalue weighted by Gasteiger charge is -2.19. The van der Waals surface area contributed by atoms with E-state index in [0.29, 0.717) is 10.3 Å². The molecule has 0 radical (unpaired) electrons. The fourth-order valence-corrected chi connectivity index (χ4v) is 2.21. The fourth-order valence-electron chi connectivity index (χ4n) is 1.73. The Morgan fingerprint density at radius 1 is 1.47 bits per heavy atom. The van der Waals surface area contributed by atoms with Gasteiger partial charge in [-0.05, 0) is 35.4 Å². The van der Waals surface area contributed by atoms with Crippen molar-refractivity contribution in [1.29, 1.82) is 0 Å². The van der Waals surface area contributed by atoms with Crippen LogP contribution in [0.25, 0.3) is 0 Å². The number of halogens is 1. The molecule has 1 N–H and O–H groups in total. The Bertz CT molecular complexity index is 428. The molecule has 1 rings (SSSR count). The van der Waals surface area contributed by atoms with Crippen LogP contribution in [0.2, 0.25) is 0 Å². The van der Waals surface area contributed by atoms with E-state index in [-0.39, 0.29) is 5.69 Å². The number of hydrogen-bond acceptors (Lipinski definition) is 5. The normalized spacial score (nSPS) is 10.7. The van der Waals surface area contributed by atoms with Crippen molar-refractivity contribution in [3.05, 3.63) is 26.9 Å². The molecule has 0 spiro atoms. The number of anilines is 1. The predicted octanol–water partition coefficient (Wildman–Crippen LogP) is 2.90. The maximum atomic E-state index is 10.6. The molecule has 19 heavy (non-hydrogen) atoms. The molecule has 6 nitrogen and oxygen atoms in total. The third-order valence-electron chi connectivity index (χ3n) is 2.75. The topological polar surface area (TPSA) is 71.3 Å². The van der Waals surface area contributed by atoms with E-state index in [1.807, 2.05) is 0 Å². The summed E-state index contributed by atoms with van der Waals surface area (Å²) in [5.74, 6) is 0.637. The van der Waals surface area contributed by atoms with E-state index in [0.717, 1.165) is 32.6 Å². The van der Waals surface area contributed by atoms with Crippen LogP contribution in [0.5, 0.6) is 0 Å². The minimum absolute atomic E-state index is 0.0152. The molecule has 0 unspecified atom stereocenters. The molecule has 0 bridgehead atoms. The van der Waals surface area contributed by atoms with E-state index in [9.17, 15) is 10.1 Å². The smallest absolute Gasteiger partial charge is 0.288 e. The lowest BCUT2D eigenvalue weighted by Crippen LogP contribution is -2.29. The Kier molecular flexibility index (Phi) is 6.72. The highest BCUT2D eigenvalue weighted by atomic mass is 79.9. The Hall–Kier alpha value is -1.21. The SMILES string of the molecule is CCCN(CC)CCNc1ncc([N+](=O)[O-])cc1Br. The second-order valence-corrected chi connectivity index (χ2v) is 5.00. The molecule has 106 valence electrons. The molecule has 0 saturated heterocycles. The molecule has 0 aliphatic heterocycles. The fraction of sp³-hybridized carbons (Fsp3) is 0.583. The van der Waals surface area contributed by atoms with Gasteiger partial charge in [0, 0.05) is 19.2 Å². The summed E-state index contributed by atoms with van der Waals surface area (Å²) in [5.41, 5.74) is -0.0152.